The molecule has 7 heteroatoms. The highest BCUT2D eigenvalue weighted by molar-refractivity contribution is 7.99. The van der Waals surface area contributed by atoms with Crippen molar-refractivity contribution in [3.05, 3.63) is 89.7 Å². The molecule has 0 unspecified atom stereocenters. The van der Waals surface area contributed by atoms with Gasteiger partial charge in [0.05, 0.1) is 15.9 Å². The number of para-hydroxylation sites is 2. The topological polar surface area (TPSA) is 52.0 Å². The second-order valence-corrected chi connectivity index (χ2v) is 9.11. The van der Waals surface area contributed by atoms with E-state index in [-0.39, 0.29) is 10.7 Å². The quantitative estimate of drug-likeness (QED) is 0.432. The lowest BCUT2D eigenvalue weighted by Crippen LogP contribution is -2.14. The van der Waals surface area contributed by atoms with Crippen LogP contribution in [0.25, 0.3) is 11.0 Å². The molecule has 0 spiro atoms. The molecule has 0 bridgehead atoms. The zero-order chi connectivity index (χ0) is 19.7. The van der Waals surface area contributed by atoms with E-state index in [2.05, 4.69) is 4.98 Å². The van der Waals surface area contributed by atoms with Gasteiger partial charge >= 0.3 is 0 Å². The van der Waals surface area contributed by atoms with Crippen molar-refractivity contribution in [2.45, 2.75) is 22.7 Å². The average Bonchev–Trinajstić information content (AvgIpc) is 3.06. The number of thioether (sulfide) groups is 1. The largest absolute Gasteiger partial charge is 0.270 e. The predicted octanol–water partition coefficient (Wildman–Crippen LogP) is 5.01. The van der Waals surface area contributed by atoms with E-state index in [4.69, 9.17) is 0 Å². The van der Waals surface area contributed by atoms with E-state index in [0.717, 1.165) is 11.1 Å². The van der Waals surface area contributed by atoms with Crippen molar-refractivity contribution in [2.24, 2.45) is 0 Å². The van der Waals surface area contributed by atoms with Crippen molar-refractivity contribution < 1.29 is 12.8 Å². The molecule has 0 fully saturated rings. The van der Waals surface area contributed by atoms with Crippen LogP contribution in [0.5, 0.6) is 0 Å². The standard InChI is InChI=1S/C21H17FN2O2S2/c1-15-9-11-18(12-10-15)28(25,26)24-20-8-3-2-7-19(20)23-21(24)27-14-16-5-4-6-17(22)13-16/h2-13H,14H2,1H3. The molecule has 3 aromatic carbocycles. The van der Waals surface area contributed by atoms with Crippen LogP contribution in [0.4, 0.5) is 4.39 Å². The van der Waals surface area contributed by atoms with Gasteiger partial charge in [0.2, 0.25) is 0 Å². The van der Waals surface area contributed by atoms with Gasteiger partial charge in [-0.2, -0.15) is 0 Å². The number of halogens is 1. The fourth-order valence-corrected chi connectivity index (χ4v) is 5.55. The van der Waals surface area contributed by atoms with Gasteiger partial charge in [0.15, 0.2) is 5.16 Å². The Balaban J connectivity index is 1.80. The first-order valence-electron chi connectivity index (χ1n) is 8.62. The highest BCUT2D eigenvalue weighted by atomic mass is 32.2. The smallest absolute Gasteiger partial charge is 0.222 e. The van der Waals surface area contributed by atoms with Crippen LogP contribution in [0.3, 0.4) is 0 Å². The molecule has 4 nitrogen and oxygen atoms in total. The maximum absolute atomic E-state index is 13.5. The lowest BCUT2D eigenvalue weighted by atomic mass is 10.2. The minimum atomic E-state index is -3.82. The molecule has 0 amide bonds. The average molecular weight is 413 g/mol. The van der Waals surface area contributed by atoms with Gasteiger partial charge in [-0.15, -0.1) is 0 Å². The number of fused-ring (bicyclic) bond motifs is 1. The molecular formula is C21H17FN2O2S2. The third-order valence-corrected chi connectivity index (χ3v) is 7.15. The van der Waals surface area contributed by atoms with Gasteiger partial charge in [-0.05, 0) is 48.9 Å². The van der Waals surface area contributed by atoms with E-state index in [0.29, 0.717) is 21.9 Å². The van der Waals surface area contributed by atoms with E-state index < -0.39 is 10.0 Å². The molecule has 142 valence electrons. The zero-order valence-corrected chi connectivity index (χ0v) is 16.7. The molecule has 0 saturated heterocycles. The number of hydrogen-bond donors (Lipinski definition) is 0. The molecule has 0 aliphatic heterocycles. The summed E-state index contributed by atoms with van der Waals surface area (Å²) in [6.07, 6.45) is 0. The number of imidazole rings is 1. The number of rotatable bonds is 5. The molecule has 0 radical (unpaired) electrons. The molecule has 0 atom stereocenters. The van der Waals surface area contributed by atoms with Crippen LogP contribution in [0.1, 0.15) is 11.1 Å². The highest BCUT2D eigenvalue weighted by Crippen LogP contribution is 2.30. The zero-order valence-electron chi connectivity index (χ0n) is 15.0. The summed E-state index contributed by atoms with van der Waals surface area (Å²) in [5, 5.41) is 0.353. The second-order valence-electron chi connectivity index (χ2n) is 6.38. The van der Waals surface area contributed by atoms with Crippen molar-refractivity contribution in [1.82, 2.24) is 8.96 Å². The fraction of sp³-hybridized carbons (Fsp3) is 0.0952. The summed E-state index contributed by atoms with van der Waals surface area (Å²) in [6.45, 7) is 1.91. The number of aromatic nitrogens is 2. The molecule has 0 aliphatic carbocycles. The Labute approximate surface area is 167 Å². The minimum absolute atomic E-state index is 0.203. The molecule has 0 aliphatic rings. The Bertz CT molecular complexity index is 1250. The van der Waals surface area contributed by atoms with Gasteiger partial charge in [0.1, 0.15) is 5.82 Å². The molecular weight excluding hydrogens is 395 g/mol. The lowest BCUT2D eigenvalue weighted by molar-refractivity contribution is 0.584. The molecule has 4 rings (SSSR count). The van der Waals surface area contributed by atoms with Gasteiger partial charge in [0, 0.05) is 5.75 Å². The first-order chi connectivity index (χ1) is 13.4. The first-order valence-corrected chi connectivity index (χ1v) is 11.0. The van der Waals surface area contributed by atoms with Crippen molar-refractivity contribution >= 4 is 32.8 Å². The predicted molar refractivity (Wildman–Crippen MR) is 109 cm³/mol. The summed E-state index contributed by atoms with van der Waals surface area (Å²) in [6, 6.07) is 20.1. The Morgan fingerprint density at radius 1 is 1.00 bits per heavy atom. The number of hydrogen-bond acceptors (Lipinski definition) is 4. The molecule has 0 N–H and O–H groups in total. The van der Waals surface area contributed by atoms with E-state index in [9.17, 15) is 12.8 Å². The summed E-state index contributed by atoms with van der Waals surface area (Å²) < 4.78 is 41.4. The van der Waals surface area contributed by atoms with E-state index >= 15 is 0 Å². The van der Waals surface area contributed by atoms with Gasteiger partial charge in [-0.25, -0.2) is 21.8 Å². The third-order valence-electron chi connectivity index (χ3n) is 4.31. The van der Waals surface area contributed by atoms with Crippen molar-refractivity contribution in [2.75, 3.05) is 0 Å². The van der Waals surface area contributed by atoms with Gasteiger partial charge in [-0.3, -0.25) is 0 Å². The Hall–Kier alpha value is -2.64. The molecule has 1 aromatic heterocycles. The van der Waals surface area contributed by atoms with Crippen LogP contribution in [-0.4, -0.2) is 17.4 Å². The van der Waals surface area contributed by atoms with Crippen molar-refractivity contribution in [3.63, 3.8) is 0 Å². The van der Waals surface area contributed by atoms with Crippen LogP contribution < -0.4 is 0 Å². The van der Waals surface area contributed by atoms with Crippen LogP contribution in [-0.2, 0) is 15.8 Å². The van der Waals surface area contributed by atoms with E-state index in [1.807, 2.05) is 13.0 Å². The van der Waals surface area contributed by atoms with E-state index in [1.54, 1.807) is 54.6 Å². The molecule has 1 heterocycles. The number of benzene rings is 3. The summed E-state index contributed by atoms with van der Waals surface area (Å²) in [7, 11) is -3.82. The van der Waals surface area contributed by atoms with Crippen LogP contribution in [0.15, 0.2) is 82.8 Å². The SMILES string of the molecule is Cc1ccc(S(=O)(=O)n2c(SCc3cccc(F)c3)nc3ccccc32)cc1. The van der Waals surface area contributed by atoms with Gasteiger partial charge in [-0.1, -0.05) is 53.7 Å². The summed E-state index contributed by atoms with van der Waals surface area (Å²) in [5.74, 6) is 0.0868. The Kier molecular flexibility index (Phi) is 4.95. The van der Waals surface area contributed by atoms with Crippen LogP contribution >= 0.6 is 11.8 Å². The van der Waals surface area contributed by atoms with E-state index in [1.165, 1.54) is 27.9 Å². The summed E-state index contributed by atoms with van der Waals surface area (Å²) in [4.78, 5) is 4.72. The first kappa shape index (κ1) is 18.7. The normalized spacial score (nSPS) is 11.8. The monoisotopic (exact) mass is 412 g/mol. The Morgan fingerprint density at radius 2 is 1.75 bits per heavy atom. The fourth-order valence-electron chi connectivity index (χ4n) is 2.90. The summed E-state index contributed by atoms with van der Waals surface area (Å²) in [5.41, 5.74) is 2.86. The molecule has 28 heavy (non-hydrogen) atoms. The van der Waals surface area contributed by atoms with Crippen LogP contribution in [0, 0.1) is 12.7 Å². The van der Waals surface area contributed by atoms with Crippen LogP contribution in [0.2, 0.25) is 0 Å². The lowest BCUT2D eigenvalue weighted by Gasteiger charge is -2.10. The second kappa shape index (κ2) is 7.41. The highest BCUT2D eigenvalue weighted by Gasteiger charge is 2.24. The Morgan fingerprint density at radius 3 is 2.50 bits per heavy atom. The minimum Gasteiger partial charge on any atom is -0.222 e. The van der Waals surface area contributed by atoms with Crippen molar-refractivity contribution in [1.29, 1.82) is 0 Å². The van der Waals surface area contributed by atoms with Gasteiger partial charge in [0.25, 0.3) is 10.0 Å². The third kappa shape index (κ3) is 3.55. The number of aryl methyl sites for hydroxylation is 1. The maximum atomic E-state index is 13.5. The summed E-state index contributed by atoms with van der Waals surface area (Å²) >= 11 is 1.27. The maximum Gasteiger partial charge on any atom is 0.270 e. The molecule has 4 aromatic rings. The number of nitrogens with zero attached hydrogens (tertiary/aromatic N) is 2. The van der Waals surface area contributed by atoms with Crippen molar-refractivity contribution in [3.8, 4) is 0 Å². The molecule has 0 saturated carbocycles. The van der Waals surface area contributed by atoms with Gasteiger partial charge < -0.3 is 0 Å².